The van der Waals surface area contributed by atoms with Crippen molar-refractivity contribution in [1.82, 2.24) is 9.97 Å². The summed E-state index contributed by atoms with van der Waals surface area (Å²) in [5, 5.41) is 0. The monoisotopic (exact) mass is 148 g/mol. The van der Waals surface area contributed by atoms with Crippen molar-refractivity contribution in [2.45, 2.75) is 6.92 Å². The van der Waals surface area contributed by atoms with Crippen molar-refractivity contribution in [2.75, 3.05) is 0 Å². The number of nitrogens with zero attached hydrogens (tertiary/aromatic N) is 2. The molecule has 0 aliphatic carbocycles. The van der Waals surface area contributed by atoms with Gasteiger partial charge in [0.25, 0.3) is 0 Å². The van der Waals surface area contributed by atoms with Gasteiger partial charge in [-0.2, -0.15) is 0 Å². The van der Waals surface area contributed by atoms with Crippen molar-refractivity contribution in [1.29, 1.82) is 0 Å². The third-order valence-electron chi connectivity index (χ3n) is 1.14. The second-order valence-corrected chi connectivity index (χ2v) is 2.14. The lowest BCUT2D eigenvalue weighted by molar-refractivity contribution is -0.104. The first-order valence-electron chi connectivity index (χ1n) is 3.22. The summed E-state index contributed by atoms with van der Waals surface area (Å²) in [6.07, 6.45) is 7.25. The van der Waals surface area contributed by atoms with Crippen molar-refractivity contribution < 1.29 is 4.79 Å². The van der Waals surface area contributed by atoms with E-state index in [1.165, 1.54) is 0 Å². The number of hydrogen-bond donors (Lipinski definition) is 0. The Balaban J connectivity index is 2.87. The van der Waals surface area contributed by atoms with Gasteiger partial charge in [0.05, 0.1) is 11.9 Å². The molecule has 11 heavy (non-hydrogen) atoms. The highest BCUT2D eigenvalue weighted by Crippen LogP contribution is 1.97. The van der Waals surface area contributed by atoms with Gasteiger partial charge in [-0.3, -0.25) is 14.8 Å². The number of aldehydes is 1. The third-order valence-corrected chi connectivity index (χ3v) is 1.14. The Bertz CT molecular complexity index is 267. The zero-order valence-corrected chi connectivity index (χ0v) is 6.19. The van der Waals surface area contributed by atoms with E-state index in [1.54, 1.807) is 31.6 Å². The average molecular weight is 148 g/mol. The van der Waals surface area contributed by atoms with Crippen LogP contribution in [0.4, 0.5) is 0 Å². The molecule has 1 aromatic heterocycles. The summed E-state index contributed by atoms with van der Waals surface area (Å²) in [6, 6.07) is 0. The number of carbonyl (C=O) groups is 1. The van der Waals surface area contributed by atoms with E-state index in [9.17, 15) is 4.79 Å². The van der Waals surface area contributed by atoms with E-state index in [4.69, 9.17) is 0 Å². The molecule has 0 spiro atoms. The minimum Gasteiger partial charge on any atom is -0.298 e. The molecule has 0 aliphatic rings. The molecule has 56 valence electrons. The summed E-state index contributed by atoms with van der Waals surface area (Å²) in [7, 11) is 0. The summed E-state index contributed by atoms with van der Waals surface area (Å²) in [5.41, 5.74) is 1.35. The van der Waals surface area contributed by atoms with Crippen LogP contribution >= 0.6 is 0 Å². The maximum absolute atomic E-state index is 10.2. The first-order valence-corrected chi connectivity index (χ1v) is 3.22. The molecule has 0 aliphatic heterocycles. The molecule has 0 N–H and O–H groups in total. The van der Waals surface area contributed by atoms with Gasteiger partial charge in [-0.1, -0.05) is 0 Å². The maximum atomic E-state index is 10.2. The molecule has 0 saturated heterocycles. The van der Waals surface area contributed by atoms with Gasteiger partial charge < -0.3 is 0 Å². The van der Waals surface area contributed by atoms with Crippen molar-refractivity contribution >= 4 is 12.4 Å². The van der Waals surface area contributed by atoms with Gasteiger partial charge in [0, 0.05) is 12.4 Å². The minimum absolute atomic E-state index is 0.644. The molecule has 0 unspecified atom stereocenters. The van der Waals surface area contributed by atoms with Crippen LogP contribution in [0.2, 0.25) is 0 Å². The van der Waals surface area contributed by atoms with Gasteiger partial charge in [-0.05, 0) is 18.6 Å². The van der Waals surface area contributed by atoms with Crippen molar-refractivity contribution in [3.05, 3.63) is 29.9 Å². The lowest BCUT2D eigenvalue weighted by Crippen LogP contribution is -1.83. The molecule has 0 bridgehead atoms. The van der Waals surface area contributed by atoms with Crippen LogP contribution in [-0.2, 0) is 4.79 Å². The Morgan fingerprint density at radius 3 is 2.91 bits per heavy atom. The topological polar surface area (TPSA) is 42.9 Å². The molecule has 3 nitrogen and oxygen atoms in total. The third kappa shape index (κ3) is 2.29. The average Bonchev–Trinajstić information content (AvgIpc) is 2.06. The molecule has 1 rings (SSSR count). The first-order chi connectivity index (χ1) is 5.33. The van der Waals surface area contributed by atoms with Crippen LogP contribution in [0.1, 0.15) is 12.6 Å². The van der Waals surface area contributed by atoms with Crippen LogP contribution in [0.25, 0.3) is 6.08 Å². The largest absolute Gasteiger partial charge is 0.298 e. The number of allylic oxidation sites excluding steroid dienone is 1. The standard InChI is InChI=1S/C8H8N2O/c1-7(6-11)4-8-5-9-2-3-10-8/h2-6H,1H3/b7-4-. The number of rotatable bonds is 2. The maximum Gasteiger partial charge on any atom is 0.145 e. The fraction of sp³-hybridized carbons (Fsp3) is 0.125. The molecule has 0 radical (unpaired) electrons. The zero-order chi connectivity index (χ0) is 8.10. The van der Waals surface area contributed by atoms with E-state index in [0.29, 0.717) is 11.3 Å². The van der Waals surface area contributed by atoms with E-state index >= 15 is 0 Å². The fourth-order valence-corrected chi connectivity index (χ4v) is 0.652. The lowest BCUT2D eigenvalue weighted by atomic mass is 10.3. The molecule has 0 aromatic carbocycles. The lowest BCUT2D eigenvalue weighted by Gasteiger charge is -1.89. The molecule has 3 heteroatoms. The van der Waals surface area contributed by atoms with E-state index < -0.39 is 0 Å². The van der Waals surface area contributed by atoms with E-state index in [1.807, 2.05) is 0 Å². The van der Waals surface area contributed by atoms with Gasteiger partial charge in [0.2, 0.25) is 0 Å². The fourth-order valence-electron chi connectivity index (χ4n) is 0.652. The quantitative estimate of drug-likeness (QED) is 0.465. The van der Waals surface area contributed by atoms with Gasteiger partial charge >= 0.3 is 0 Å². The minimum atomic E-state index is 0.644. The van der Waals surface area contributed by atoms with Crippen LogP contribution in [0.3, 0.4) is 0 Å². The summed E-state index contributed by atoms with van der Waals surface area (Å²) in [4.78, 5) is 18.0. The Hall–Kier alpha value is -1.51. The Labute approximate surface area is 64.8 Å². The smallest absolute Gasteiger partial charge is 0.145 e. The van der Waals surface area contributed by atoms with E-state index in [2.05, 4.69) is 9.97 Å². The van der Waals surface area contributed by atoms with E-state index in [-0.39, 0.29) is 0 Å². The molecule has 1 aromatic rings. The Morgan fingerprint density at radius 1 is 1.55 bits per heavy atom. The number of carbonyl (C=O) groups excluding carboxylic acids is 1. The van der Waals surface area contributed by atoms with Crippen LogP contribution in [-0.4, -0.2) is 16.3 Å². The summed E-state index contributed by atoms with van der Waals surface area (Å²) in [5.74, 6) is 0. The highest BCUT2D eigenvalue weighted by atomic mass is 16.1. The predicted molar refractivity (Wildman–Crippen MR) is 41.7 cm³/mol. The van der Waals surface area contributed by atoms with Gasteiger partial charge in [-0.15, -0.1) is 0 Å². The van der Waals surface area contributed by atoms with Crippen LogP contribution < -0.4 is 0 Å². The van der Waals surface area contributed by atoms with Crippen LogP contribution in [0.5, 0.6) is 0 Å². The van der Waals surface area contributed by atoms with Gasteiger partial charge in [0.15, 0.2) is 0 Å². The highest BCUT2D eigenvalue weighted by Gasteiger charge is 1.88. The van der Waals surface area contributed by atoms with Crippen molar-refractivity contribution in [3.8, 4) is 0 Å². The Morgan fingerprint density at radius 2 is 2.36 bits per heavy atom. The molecule has 0 amide bonds. The summed E-state index contributed by atoms with van der Waals surface area (Å²) in [6.45, 7) is 1.72. The zero-order valence-electron chi connectivity index (χ0n) is 6.19. The summed E-state index contributed by atoms with van der Waals surface area (Å²) < 4.78 is 0. The van der Waals surface area contributed by atoms with Gasteiger partial charge in [-0.25, -0.2) is 0 Å². The van der Waals surface area contributed by atoms with Crippen LogP contribution in [0.15, 0.2) is 24.2 Å². The molecule has 0 saturated carbocycles. The molecule has 1 heterocycles. The SMILES string of the molecule is C/C(C=O)=C/c1cnccn1. The summed E-state index contributed by atoms with van der Waals surface area (Å²) >= 11 is 0. The van der Waals surface area contributed by atoms with Crippen molar-refractivity contribution in [2.24, 2.45) is 0 Å². The Kier molecular flexibility index (Phi) is 2.49. The van der Waals surface area contributed by atoms with E-state index in [0.717, 1.165) is 6.29 Å². The normalized spacial score (nSPS) is 11.2. The molecule has 0 fully saturated rings. The number of aromatic nitrogens is 2. The first kappa shape index (κ1) is 7.60. The van der Waals surface area contributed by atoms with Crippen molar-refractivity contribution in [3.63, 3.8) is 0 Å². The predicted octanol–water partition coefficient (Wildman–Crippen LogP) is 1.08. The molecular weight excluding hydrogens is 140 g/mol. The van der Waals surface area contributed by atoms with Crippen LogP contribution in [0, 0.1) is 0 Å². The number of hydrogen-bond acceptors (Lipinski definition) is 3. The molecule has 0 atom stereocenters. The molecular formula is C8H8N2O. The van der Waals surface area contributed by atoms with Gasteiger partial charge in [0.1, 0.15) is 6.29 Å². The second-order valence-electron chi connectivity index (χ2n) is 2.14. The highest BCUT2D eigenvalue weighted by molar-refractivity contribution is 5.79. The second kappa shape index (κ2) is 3.61.